The van der Waals surface area contributed by atoms with Gasteiger partial charge in [-0.25, -0.2) is 0 Å². The average Bonchev–Trinajstić information content (AvgIpc) is 2.46. The molecule has 0 radical (unpaired) electrons. The second kappa shape index (κ2) is 4.94. The van der Waals surface area contributed by atoms with Gasteiger partial charge in [-0.3, -0.25) is 0 Å². The van der Waals surface area contributed by atoms with Crippen LogP contribution in [0.25, 0.3) is 0 Å². The molecular formula is C16H17NO2. The number of hydrogen-bond donors (Lipinski definition) is 2. The Bertz CT molecular complexity index is 582. The van der Waals surface area contributed by atoms with Gasteiger partial charge < -0.3 is 15.2 Å². The van der Waals surface area contributed by atoms with Crippen LogP contribution < -0.4 is 10.1 Å². The summed E-state index contributed by atoms with van der Waals surface area (Å²) in [7, 11) is 1.96. The largest absolute Gasteiger partial charge is 0.508 e. The Morgan fingerprint density at radius 1 is 1.16 bits per heavy atom. The van der Waals surface area contributed by atoms with Gasteiger partial charge in [0.1, 0.15) is 17.6 Å². The smallest absolute Gasteiger partial charge is 0.126 e. The van der Waals surface area contributed by atoms with E-state index in [0.717, 1.165) is 17.7 Å². The first-order valence-electron chi connectivity index (χ1n) is 6.49. The molecular weight excluding hydrogens is 238 g/mol. The lowest BCUT2D eigenvalue weighted by Gasteiger charge is -2.32. The SMILES string of the molecule is CNC1CC(c2cccc(O)c2)Oc2ccccc21. The van der Waals surface area contributed by atoms with Gasteiger partial charge in [0.15, 0.2) is 0 Å². The molecule has 3 rings (SSSR count). The summed E-state index contributed by atoms with van der Waals surface area (Å²) in [6.45, 7) is 0. The van der Waals surface area contributed by atoms with Crippen molar-refractivity contribution in [3.8, 4) is 11.5 Å². The van der Waals surface area contributed by atoms with E-state index in [-0.39, 0.29) is 17.9 Å². The highest BCUT2D eigenvalue weighted by molar-refractivity contribution is 5.40. The van der Waals surface area contributed by atoms with Crippen molar-refractivity contribution in [2.24, 2.45) is 0 Å². The number of phenols is 1. The lowest BCUT2D eigenvalue weighted by Crippen LogP contribution is -2.26. The first-order valence-corrected chi connectivity index (χ1v) is 6.49. The fraction of sp³-hybridized carbons (Fsp3) is 0.250. The summed E-state index contributed by atoms with van der Waals surface area (Å²) in [5, 5.41) is 12.9. The first-order chi connectivity index (χ1) is 9.28. The van der Waals surface area contributed by atoms with Crippen LogP contribution in [0.5, 0.6) is 11.5 Å². The fourth-order valence-electron chi connectivity index (χ4n) is 2.62. The second-order valence-corrected chi connectivity index (χ2v) is 4.82. The van der Waals surface area contributed by atoms with Crippen molar-refractivity contribution in [3.63, 3.8) is 0 Å². The molecule has 2 aromatic carbocycles. The maximum atomic E-state index is 9.59. The van der Waals surface area contributed by atoms with Gasteiger partial charge in [0.2, 0.25) is 0 Å². The van der Waals surface area contributed by atoms with Crippen molar-refractivity contribution in [1.29, 1.82) is 0 Å². The van der Waals surface area contributed by atoms with Gasteiger partial charge >= 0.3 is 0 Å². The van der Waals surface area contributed by atoms with E-state index in [2.05, 4.69) is 11.4 Å². The standard InChI is InChI=1S/C16H17NO2/c1-17-14-10-16(11-5-4-6-12(18)9-11)19-15-8-3-2-7-13(14)15/h2-9,14,16-18H,10H2,1H3. The van der Waals surface area contributed by atoms with Crippen LogP contribution in [0.3, 0.4) is 0 Å². The summed E-state index contributed by atoms with van der Waals surface area (Å²) >= 11 is 0. The summed E-state index contributed by atoms with van der Waals surface area (Å²) in [6, 6.07) is 15.7. The number of benzene rings is 2. The summed E-state index contributed by atoms with van der Waals surface area (Å²) in [4.78, 5) is 0. The van der Waals surface area contributed by atoms with Crippen LogP contribution in [0.1, 0.15) is 29.7 Å². The second-order valence-electron chi connectivity index (χ2n) is 4.82. The van der Waals surface area contributed by atoms with E-state index in [1.807, 2.05) is 37.4 Å². The summed E-state index contributed by atoms with van der Waals surface area (Å²) < 4.78 is 6.05. The Labute approximate surface area is 112 Å². The predicted octanol–water partition coefficient (Wildman–Crippen LogP) is 3.18. The lowest BCUT2D eigenvalue weighted by molar-refractivity contribution is 0.153. The van der Waals surface area contributed by atoms with E-state index < -0.39 is 0 Å². The molecule has 0 fully saturated rings. The van der Waals surface area contributed by atoms with Crippen LogP contribution >= 0.6 is 0 Å². The van der Waals surface area contributed by atoms with Crippen LogP contribution in [-0.2, 0) is 0 Å². The predicted molar refractivity (Wildman–Crippen MR) is 74.3 cm³/mol. The minimum Gasteiger partial charge on any atom is -0.508 e. The van der Waals surface area contributed by atoms with Gasteiger partial charge in [-0.05, 0) is 30.8 Å². The third-order valence-electron chi connectivity index (χ3n) is 3.60. The van der Waals surface area contributed by atoms with Gasteiger partial charge in [0, 0.05) is 18.0 Å². The van der Waals surface area contributed by atoms with Crippen molar-refractivity contribution < 1.29 is 9.84 Å². The zero-order chi connectivity index (χ0) is 13.2. The Kier molecular flexibility index (Phi) is 3.13. The van der Waals surface area contributed by atoms with E-state index in [1.165, 1.54) is 5.56 Å². The van der Waals surface area contributed by atoms with Crippen LogP contribution in [0.4, 0.5) is 0 Å². The molecule has 1 aliphatic rings. The molecule has 0 saturated heterocycles. The number of ether oxygens (including phenoxy) is 1. The molecule has 2 atom stereocenters. The average molecular weight is 255 g/mol. The molecule has 19 heavy (non-hydrogen) atoms. The zero-order valence-corrected chi connectivity index (χ0v) is 10.8. The molecule has 0 aromatic heterocycles. The third kappa shape index (κ3) is 2.29. The van der Waals surface area contributed by atoms with Gasteiger partial charge in [-0.1, -0.05) is 30.3 Å². The maximum absolute atomic E-state index is 9.59. The third-order valence-corrected chi connectivity index (χ3v) is 3.60. The Morgan fingerprint density at radius 2 is 2.00 bits per heavy atom. The number of rotatable bonds is 2. The molecule has 3 heteroatoms. The number of fused-ring (bicyclic) bond motifs is 1. The Morgan fingerprint density at radius 3 is 2.79 bits per heavy atom. The molecule has 1 aliphatic heterocycles. The summed E-state index contributed by atoms with van der Waals surface area (Å²) in [5.41, 5.74) is 2.20. The van der Waals surface area contributed by atoms with E-state index in [1.54, 1.807) is 12.1 Å². The molecule has 2 N–H and O–H groups in total. The van der Waals surface area contributed by atoms with Gasteiger partial charge in [-0.2, -0.15) is 0 Å². The van der Waals surface area contributed by atoms with Gasteiger partial charge in [0.25, 0.3) is 0 Å². The molecule has 0 aliphatic carbocycles. The highest BCUT2D eigenvalue weighted by atomic mass is 16.5. The number of hydrogen-bond acceptors (Lipinski definition) is 3. The van der Waals surface area contributed by atoms with Gasteiger partial charge in [-0.15, -0.1) is 0 Å². The minimum atomic E-state index is -0.0283. The van der Waals surface area contributed by atoms with Crippen LogP contribution in [-0.4, -0.2) is 12.2 Å². The molecule has 3 nitrogen and oxygen atoms in total. The number of aromatic hydroxyl groups is 1. The van der Waals surface area contributed by atoms with Gasteiger partial charge in [0.05, 0.1) is 0 Å². The molecule has 0 bridgehead atoms. The highest BCUT2D eigenvalue weighted by Crippen LogP contribution is 2.40. The molecule has 2 unspecified atom stereocenters. The monoisotopic (exact) mass is 255 g/mol. The number of para-hydroxylation sites is 1. The van der Waals surface area contributed by atoms with Crippen LogP contribution in [0, 0.1) is 0 Å². The number of phenolic OH excluding ortho intramolecular Hbond substituents is 1. The number of nitrogens with one attached hydrogen (secondary N) is 1. The molecule has 2 aromatic rings. The normalized spacial score (nSPS) is 21.5. The van der Waals surface area contributed by atoms with Crippen LogP contribution in [0.15, 0.2) is 48.5 Å². The molecule has 0 spiro atoms. The molecule has 98 valence electrons. The molecule has 1 heterocycles. The summed E-state index contributed by atoms with van der Waals surface area (Å²) in [6.07, 6.45) is 0.830. The minimum absolute atomic E-state index is 0.0283. The van der Waals surface area contributed by atoms with Crippen molar-refractivity contribution >= 4 is 0 Å². The van der Waals surface area contributed by atoms with E-state index in [0.29, 0.717) is 0 Å². The fourth-order valence-corrected chi connectivity index (χ4v) is 2.62. The van der Waals surface area contributed by atoms with Crippen molar-refractivity contribution in [1.82, 2.24) is 5.32 Å². The van der Waals surface area contributed by atoms with E-state index in [4.69, 9.17) is 4.74 Å². The van der Waals surface area contributed by atoms with Crippen molar-refractivity contribution in [2.45, 2.75) is 18.6 Å². The Hall–Kier alpha value is -2.00. The van der Waals surface area contributed by atoms with Crippen molar-refractivity contribution in [3.05, 3.63) is 59.7 Å². The Balaban J connectivity index is 1.95. The van der Waals surface area contributed by atoms with E-state index in [9.17, 15) is 5.11 Å². The highest BCUT2D eigenvalue weighted by Gasteiger charge is 2.28. The zero-order valence-electron chi connectivity index (χ0n) is 10.8. The van der Waals surface area contributed by atoms with E-state index >= 15 is 0 Å². The maximum Gasteiger partial charge on any atom is 0.126 e. The topological polar surface area (TPSA) is 41.5 Å². The molecule has 0 saturated carbocycles. The first kappa shape index (κ1) is 12.1. The summed E-state index contributed by atoms with van der Waals surface area (Å²) in [5.74, 6) is 1.20. The lowest BCUT2D eigenvalue weighted by atomic mass is 9.93. The quantitative estimate of drug-likeness (QED) is 0.866. The van der Waals surface area contributed by atoms with Crippen LogP contribution in [0.2, 0.25) is 0 Å². The van der Waals surface area contributed by atoms with Crippen molar-refractivity contribution in [2.75, 3.05) is 7.05 Å². The molecule has 0 amide bonds.